The van der Waals surface area contributed by atoms with E-state index in [4.69, 9.17) is 17.3 Å². The van der Waals surface area contributed by atoms with Crippen LogP contribution in [-0.4, -0.2) is 13.0 Å². The maximum absolute atomic E-state index is 13.3. The normalized spacial score (nSPS) is 11.8. The highest BCUT2D eigenvalue weighted by Gasteiger charge is 2.20. The third-order valence-electron chi connectivity index (χ3n) is 5.09. The van der Waals surface area contributed by atoms with Crippen molar-refractivity contribution in [1.82, 2.24) is 4.57 Å². The number of hydrogen-bond acceptors (Lipinski definition) is 4. The topological polar surface area (TPSA) is 101 Å². The van der Waals surface area contributed by atoms with E-state index in [0.717, 1.165) is 5.56 Å². The molecule has 0 aliphatic heterocycles. The van der Waals surface area contributed by atoms with Crippen LogP contribution in [0.3, 0.4) is 0 Å². The fraction of sp³-hybridized carbons (Fsp3) is 0.0400. The van der Waals surface area contributed by atoms with Crippen molar-refractivity contribution in [2.24, 2.45) is 4.40 Å². The molecule has 0 fully saturated rings. The smallest absolute Gasteiger partial charge is 0.284 e. The van der Waals surface area contributed by atoms with Gasteiger partial charge in [0.1, 0.15) is 6.07 Å². The largest absolute Gasteiger partial charge is 0.397 e. The van der Waals surface area contributed by atoms with Gasteiger partial charge in [-0.15, -0.1) is 4.40 Å². The number of nitrogens with zero attached hydrogens (tertiary/aromatic N) is 3. The fourth-order valence-electron chi connectivity index (χ4n) is 3.41. The van der Waals surface area contributed by atoms with Crippen LogP contribution in [-0.2, 0) is 10.0 Å². The SMILES string of the molecule is Cc1ccc(S(=O)(=O)/N=c2\c(-c3ccccc3)c(N)c(C#N)cn2-c2ccccc2Cl)cc1. The molecule has 1 heterocycles. The highest BCUT2D eigenvalue weighted by atomic mass is 35.5. The summed E-state index contributed by atoms with van der Waals surface area (Å²) in [6.45, 7) is 1.87. The molecule has 1 aromatic heterocycles. The number of rotatable bonds is 4. The van der Waals surface area contributed by atoms with Gasteiger partial charge in [0.05, 0.1) is 32.4 Å². The Morgan fingerprint density at radius 2 is 1.61 bits per heavy atom. The third-order valence-corrected chi connectivity index (χ3v) is 6.69. The van der Waals surface area contributed by atoms with Crippen molar-refractivity contribution in [3.8, 4) is 22.9 Å². The number of anilines is 1. The first-order valence-electron chi connectivity index (χ1n) is 9.95. The molecule has 33 heavy (non-hydrogen) atoms. The molecular weight excluding hydrogens is 456 g/mol. The van der Waals surface area contributed by atoms with Crippen molar-refractivity contribution in [3.63, 3.8) is 0 Å². The third kappa shape index (κ3) is 4.40. The Labute approximate surface area is 196 Å². The Hall–Kier alpha value is -3.86. The summed E-state index contributed by atoms with van der Waals surface area (Å²) in [4.78, 5) is 0.0424. The quantitative estimate of drug-likeness (QED) is 0.456. The second kappa shape index (κ2) is 8.94. The van der Waals surface area contributed by atoms with Crippen molar-refractivity contribution < 1.29 is 8.42 Å². The Balaban J connectivity index is 2.17. The van der Waals surface area contributed by atoms with Crippen LogP contribution in [0.25, 0.3) is 16.8 Å². The maximum atomic E-state index is 13.3. The number of sulfonamides is 1. The predicted molar refractivity (Wildman–Crippen MR) is 129 cm³/mol. The van der Waals surface area contributed by atoms with E-state index in [1.54, 1.807) is 60.7 Å². The molecule has 0 radical (unpaired) electrons. The molecular formula is C25H19ClN4O2S. The van der Waals surface area contributed by atoms with Gasteiger partial charge in [0.15, 0.2) is 5.49 Å². The van der Waals surface area contributed by atoms with Gasteiger partial charge in [-0.1, -0.05) is 71.8 Å². The van der Waals surface area contributed by atoms with Crippen molar-refractivity contribution >= 4 is 27.3 Å². The summed E-state index contributed by atoms with van der Waals surface area (Å²) >= 11 is 6.44. The molecule has 6 nitrogen and oxygen atoms in total. The Kier molecular flexibility index (Phi) is 6.05. The first-order valence-corrected chi connectivity index (χ1v) is 11.8. The van der Waals surface area contributed by atoms with Gasteiger partial charge in [-0.05, 0) is 36.8 Å². The molecule has 0 aliphatic rings. The lowest BCUT2D eigenvalue weighted by atomic mass is 10.0. The molecule has 8 heteroatoms. The van der Waals surface area contributed by atoms with Gasteiger partial charge in [0.25, 0.3) is 10.0 Å². The number of aryl methyl sites for hydroxylation is 1. The summed E-state index contributed by atoms with van der Waals surface area (Å²) in [6, 6.07) is 24.4. The van der Waals surface area contributed by atoms with Crippen LogP contribution in [0.4, 0.5) is 5.69 Å². The second-order valence-corrected chi connectivity index (χ2v) is 9.35. The standard InChI is InChI=1S/C25H19ClN4O2S/c1-17-11-13-20(14-12-17)33(31,32)29-25-23(18-7-3-2-4-8-18)24(28)19(15-27)16-30(25)22-10-6-5-9-21(22)26/h2-14,16H,28H2,1H3/b29-25+. The van der Waals surface area contributed by atoms with Crippen LogP contribution in [0.1, 0.15) is 11.1 Å². The van der Waals surface area contributed by atoms with Gasteiger partial charge < -0.3 is 5.73 Å². The van der Waals surface area contributed by atoms with E-state index in [-0.39, 0.29) is 21.6 Å². The van der Waals surface area contributed by atoms with Crippen LogP contribution >= 0.6 is 11.6 Å². The lowest BCUT2D eigenvalue weighted by molar-refractivity contribution is 0.596. The number of nitrogen functional groups attached to an aromatic ring is 1. The van der Waals surface area contributed by atoms with E-state index in [0.29, 0.717) is 21.8 Å². The summed E-state index contributed by atoms with van der Waals surface area (Å²) in [7, 11) is -4.12. The maximum Gasteiger partial charge on any atom is 0.284 e. The van der Waals surface area contributed by atoms with Crippen LogP contribution in [0.2, 0.25) is 5.02 Å². The van der Waals surface area contributed by atoms with E-state index in [1.807, 2.05) is 13.0 Å². The molecule has 164 valence electrons. The summed E-state index contributed by atoms with van der Waals surface area (Å²) in [5, 5.41) is 10.1. The Bertz CT molecular complexity index is 1550. The predicted octanol–water partition coefficient (Wildman–Crippen LogP) is 4.85. The number of halogens is 1. The summed E-state index contributed by atoms with van der Waals surface area (Å²) in [6.07, 6.45) is 1.45. The lowest BCUT2D eigenvalue weighted by Gasteiger charge is -2.16. The van der Waals surface area contributed by atoms with Crippen molar-refractivity contribution in [1.29, 1.82) is 5.26 Å². The number of nitriles is 1. The number of benzene rings is 3. The van der Waals surface area contributed by atoms with E-state index < -0.39 is 10.0 Å². The molecule has 2 N–H and O–H groups in total. The highest BCUT2D eigenvalue weighted by molar-refractivity contribution is 7.90. The summed E-state index contributed by atoms with van der Waals surface area (Å²) in [5.41, 5.74) is 9.04. The van der Waals surface area contributed by atoms with Gasteiger partial charge in [-0.3, -0.25) is 4.57 Å². The molecule has 0 saturated heterocycles. The van der Waals surface area contributed by atoms with Crippen LogP contribution in [0, 0.1) is 18.3 Å². The monoisotopic (exact) mass is 474 g/mol. The zero-order valence-electron chi connectivity index (χ0n) is 17.6. The molecule has 4 aromatic rings. The molecule has 0 bridgehead atoms. The zero-order chi connectivity index (χ0) is 23.6. The first-order chi connectivity index (χ1) is 15.8. The molecule has 0 saturated carbocycles. The summed E-state index contributed by atoms with van der Waals surface area (Å²) < 4.78 is 32.3. The van der Waals surface area contributed by atoms with E-state index in [1.165, 1.54) is 22.9 Å². The molecule has 0 aliphatic carbocycles. The van der Waals surface area contributed by atoms with E-state index in [2.05, 4.69) is 10.5 Å². The first kappa shape index (κ1) is 22.3. The Morgan fingerprint density at radius 3 is 2.24 bits per heavy atom. The minimum atomic E-state index is -4.12. The van der Waals surface area contributed by atoms with Crippen molar-refractivity contribution in [3.05, 3.63) is 107 Å². The van der Waals surface area contributed by atoms with Gasteiger partial charge >= 0.3 is 0 Å². The summed E-state index contributed by atoms with van der Waals surface area (Å²) in [5.74, 6) is 0. The van der Waals surface area contributed by atoms with E-state index >= 15 is 0 Å². The Morgan fingerprint density at radius 1 is 0.970 bits per heavy atom. The zero-order valence-corrected chi connectivity index (χ0v) is 19.2. The lowest BCUT2D eigenvalue weighted by Crippen LogP contribution is -2.26. The van der Waals surface area contributed by atoms with Crippen LogP contribution in [0.5, 0.6) is 0 Å². The van der Waals surface area contributed by atoms with Gasteiger partial charge in [-0.2, -0.15) is 13.7 Å². The number of aromatic nitrogens is 1. The average molecular weight is 475 g/mol. The molecule has 4 rings (SSSR count). The molecule has 0 spiro atoms. The van der Waals surface area contributed by atoms with Gasteiger partial charge in [0.2, 0.25) is 0 Å². The number of pyridine rings is 1. The van der Waals surface area contributed by atoms with Gasteiger partial charge in [0, 0.05) is 6.20 Å². The number of nitrogens with two attached hydrogens (primary N) is 1. The molecule has 0 amide bonds. The average Bonchev–Trinajstić information content (AvgIpc) is 2.81. The number of hydrogen-bond donors (Lipinski definition) is 1. The van der Waals surface area contributed by atoms with Crippen molar-refractivity contribution in [2.45, 2.75) is 11.8 Å². The fourth-order valence-corrected chi connectivity index (χ4v) is 4.63. The molecule has 3 aromatic carbocycles. The number of para-hydroxylation sites is 1. The highest BCUT2D eigenvalue weighted by Crippen LogP contribution is 2.28. The van der Waals surface area contributed by atoms with Crippen LogP contribution < -0.4 is 11.2 Å². The molecule has 0 unspecified atom stereocenters. The van der Waals surface area contributed by atoms with E-state index in [9.17, 15) is 13.7 Å². The minimum absolute atomic E-state index is 0.0424. The minimum Gasteiger partial charge on any atom is -0.397 e. The molecule has 0 atom stereocenters. The van der Waals surface area contributed by atoms with Gasteiger partial charge in [-0.25, -0.2) is 0 Å². The second-order valence-electron chi connectivity index (χ2n) is 7.33. The van der Waals surface area contributed by atoms with Crippen LogP contribution in [0.15, 0.2) is 94.4 Å². The van der Waals surface area contributed by atoms with Crippen molar-refractivity contribution in [2.75, 3.05) is 5.73 Å².